The third kappa shape index (κ3) is 2.89. The Bertz CT molecular complexity index is 452. The molecule has 1 aromatic rings. The molecule has 1 heterocycles. The molecule has 106 valence electrons. The number of methoxy groups -OCH3 is 1. The Morgan fingerprint density at radius 3 is 2.79 bits per heavy atom. The Labute approximate surface area is 112 Å². The van der Waals surface area contributed by atoms with E-state index in [1.165, 1.54) is 0 Å². The van der Waals surface area contributed by atoms with E-state index in [-0.39, 0.29) is 11.6 Å². The first-order chi connectivity index (χ1) is 9.10. The number of hydrogen-bond acceptors (Lipinski definition) is 4. The minimum Gasteiger partial charge on any atom is -0.382 e. The predicted molar refractivity (Wildman–Crippen MR) is 71.2 cm³/mol. The molecule has 1 fully saturated rings. The Morgan fingerprint density at radius 2 is 2.26 bits per heavy atom. The molecule has 1 aromatic heterocycles. The molecular weight excluding hydrogens is 246 g/mol. The molecule has 1 aliphatic rings. The van der Waals surface area contributed by atoms with E-state index in [9.17, 15) is 4.79 Å². The first kappa shape index (κ1) is 13.9. The maximum absolute atomic E-state index is 12.1. The number of nitrogens with one attached hydrogen (secondary N) is 2. The molecule has 0 aromatic carbocycles. The molecule has 0 radical (unpaired) electrons. The maximum Gasteiger partial charge on any atom is 0.319 e. The molecular formula is C13H21N3O3. The molecule has 1 aliphatic carbocycles. The molecule has 0 spiro atoms. The molecule has 2 amide bonds. The van der Waals surface area contributed by atoms with Crippen molar-refractivity contribution < 1.29 is 14.1 Å². The van der Waals surface area contributed by atoms with Gasteiger partial charge in [0.1, 0.15) is 11.4 Å². The number of hydrogen-bond donors (Lipinski definition) is 2. The Morgan fingerprint density at radius 1 is 1.53 bits per heavy atom. The molecule has 2 N–H and O–H groups in total. The summed E-state index contributed by atoms with van der Waals surface area (Å²) < 4.78 is 10.3. The van der Waals surface area contributed by atoms with E-state index in [2.05, 4.69) is 15.8 Å². The largest absolute Gasteiger partial charge is 0.382 e. The average molecular weight is 267 g/mol. The van der Waals surface area contributed by atoms with Crippen LogP contribution in [0.25, 0.3) is 0 Å². The van der Waals surface area contributed by atoms with Crippen molar-refractivity contribution in [2.24, 2.45) is 0 Å². The molecule has 1 saturated carbocycles. The molecule has 0 unspecified atom stereocenters. The number of carbonyl (C=O) groups excluding carboxylic acids is 1. The molecule has 6 nitrogen and oxygen atoms in total. The lowest BCUT2D eigenvalue weighted by Gasteiger charge is -2.41. The van der Waals surface area contributed by atoms with Crippen molar-refractivity contribution in [3.63, 3.8) is 0 Å². The van der Waals surface area contributed by atoms with Crippen molar-refractivity contribution in [3.05, 3.63) is 11.5 Å². The number of nitrogens with zero attached hydrogens (tertiary/aromatic N) is 1. The van der Waals surface area contributed by atoms with E-state index >= 15 is 0 Å². The summed E-state index contributed by atoms with van der Waals surface area (Å²) in [6.45, 7) is 4.30. The number of urea groups is 1. The van der Waals surface area contributed by atoms with Crippen LogP contribution in [-0.4, -0.2) is 30.4 Å². The van der Waals surface area contributed by atoms with Gasteiger partial charge in [-0.2, -0.15) is 0 Å². The number of carbonyl (C=O) groups is 1. The molecule has 6 heteroatoms. The number of rotatable bonds is 5. The van der Waals surface area contributed by atoms with Gasteiger partial charge in [-0.05, 0) is 32.6 Å². The van der Waals surface area contributed by atoms with Crippen molar-refractivity contribution in [1.82, 2.24) is 10.5 Å². The van der Waals surface area contributed by atoms with Crippen LogP contribution in [0.4, 0.5) is 10.5 Å². The van der Waals surface area contributed by atoms with Crippen LogP contribution in [0.2, 0.25) is 0 Å². The van der Waals surface area contributed by atoms with Crippen LogP contribution in [0.15, 0.2) is 4.52 Å². The number of aryl methyl sites for hydroxylation is 2. The van der Waals surface area contributed by atoms with Crippen molar-refractivity contribution in [2.45, 2.75) is 45.1 Å². The SMILES string of the molecule is CCc1noc(C)c1NC(=O)NC1(COC)CCC1. The van der Waals surface area contributed by atoms with Crippen molar-refractivity contribution >= 4 is 11.7 Å². The van der Waals surface area contributed by atoms with Crippen LogP contribution in [0.3, 0.4) is 0 Å². The summed E-state index contributed by atoms with van der Waals surface area (Å²) in [4.78, 5) is 12.1. The van der Waals surface area contributed by atoms with Crippen molar-refractivity contribution in [3.8, 4) is 0 Å². The topological polar surface area (TPSA) is 76.4 Å². The van der Waals surface area contributed by atoms with E-state index in [4.69, 9.17) is 9.26 Å². The van der Waals surface area contributed by atoms with Crippen molar-refractivity contribution in [2.75, 3.05) is 19.0 Å². The minimum atomic E-state index is -0.224. The number of ether oxygens (including phenoxy) is 1. The van der Waals surface area contributed by atoms with E-state index in [1.54, 1.807) is 14.0 Å². The van der Waals surface area contributed by atoms with Crippen LogP contribution >= 0.6 is 0 Å². The molecule has 0 aliphatic heterocycles. The fourth-order valence-corrected chi connectivity index (χ4v) is 2.39. The summed E-state index contributed by atoms with van der Waals surface area (Å²) >= 11 is 0. The molecule has 0 atom stereocenters. The van der Waals surface area contributed by atoms with E-state index < -0.39 is 0 Å². The Hall–Kier alpha value is -1.56. The van der Waals surface area contributed by atoms with Gasteiger partial charge in [0.25, 0.3) is 0 Å². The summed E-state index contributed by atoms with van der Waals surface area (Å²) in [6, 6.07) is -0.224. The van der Waals surface area contributed by atoms with Gasteiger partial charge >= 0.3 is 6.03 Å². The second kappa shape index (κ2) is 5.61. The lowest BCUT2D eigenvalue weighted by molar-refractivity contribution is 0.0648. The fraction of sp³-hybridized carbons (Fsp3) is 0.692. The molecule has 0 saturated heterocycles. The normalized spacial score (nSPS) is 16.8. The monoisotopic (exact) mass is 267 g/mol. The van der Waals surface area contributed by atoms with Crippen molar-refractivity contribution in [1.29, 1.82) is 0 Å². The first-order valence-electron chi connectivity index (χ1n) is 6.63. The lowest BCUT2D eigenvalue weighted by atomic mass is 9.77. The number of anilines is 1. The lowest BCUT2D eigenvalue weighted by Crippen LogP contribution is -2.57. The molecule has 19 heavy (non-hydrogen) atoms. The Balaban J connectivity index is 1.99. The van der Waals surface area contributed by atoms with Crippen LogP contribution in [-0.2, 0) is 11.2 Å². The fourth-order valence-electron chi connectivity index (χ4n) is 2.39. The third-order valence-corrected chi connectivity index (χ3v) is 3.62. The Kier molecular flexibility index (Phi) is 4.09. The zero-order chi connectivity index (χ0) is 13.9. The van der Waals surface area contributed by atoms with Crippen LogP contribution < -0.4 is 10.6 Å². The second-order valence-electron chi connectivity index (χ2n) is 5.06. The van der Waals surface area contributed by atoms with E-state index in [0.717, 1.165) is 31.4 Å². The standard InChI is InChI=1S/C13H21N3O3/c1-4-10-11(9(2)19-16-10)14-12(17)15-13(8-18-3)6-5-7-13/h4-8H2,1-3H3,(H2,14,15,17). The minimum absolute atomic E-state index is 0.212. The van der Waals surface area contributed by atoms with Gasteiger partial charge in [0.2, 0.25) is 0 Å². The number of aromatic nitrogens is 1. The quantitative estimate of drug-likeness (QED) is 0.857. The zero-order valence-corrected chi connectivity index (χ0v) is 11.7. The zero-order valence-electron chi connectivity index (χ0n) is 11.7. The molecule has 0 bridgehead atoms. The number of amides is 2. The van der Waals surface area contributed by atoms with Gasteiger partial charge < -0.3 is 19.9 Å². The van der Waals surface area contributed by atoms with Crippen LogP contribution in [0.5, 0.6) is 0 Å². The van der Waals surface area contributed by atoms with E-state index in [0.29, 0.717) is 18.1 Å². The highest BCUT2D eigenvalue weighted by atomic mass is 16.5. The summed E-state index contributed by atoms with van der Waals surface area (Å²) in [6.07, 6.45) is 3.75. The van der Waals surface area contributed by atoms with Gasteiger partial charge in [0.05, 0.1) is 12.1 Å². The van der Waals surface area contributed by atoms with Gasteiger partial charge in [0.15, 0.2) is 5.76 Å². The van der Waals surface area contributed by atoms with E-state index in [1.807, 2.05) is 6.92 Å². The van der Waals surface area contributed by atoms with Gasteiger partial charge in [-0.25, -0.2) is 4.79 Å². The van der Waals surface area contributed by atoms with Gasteiger partial charge in [-0.1, -0.05) is 12.1 Å². The van der Waals surface area contributed by atoms with Crippen LogP contribution in [0, 0.1) is 6.92 Å². The summed E-state index contributed by atoms with van der Waals surface area (Å²) in [5, 5.41) is 9.75. The first-order valence-corrected chi connectivity index (χ1v) is 6.63. The highest BCUT2D eigenvalue weighted by molar-refractivity contribution is 5.91. The maximum atomic E-state index is 12.1. The highest BCUT2D eigenvalue weighted by Gasteiger charge is 2.38. The molecule has 2 rings (SSSR count). The van der Waals surface area contributed by atoms with Gasteiger partial charge in [0, 0.05) is 7.11 Å². The van der Waals surface area contributed by atoms with Gasteiger partial charge in [-0.3, -0.25) is 0 Å². The average Bonchev–Trinajstić information content (AvgIpc) is 2.68. The van der Waals surface area contributed by atoms with Crippen LogP contribution in [0.1, 0.15) is 37.6 Å². The summed E-state index contributed by atoms with van der Waals surface area (Å²) in [5.41, 5.74) is 1.23. The smallest absolute Gasteiger partial charge is 0.319 e. The summed E-state index contributed by atoms with van der Waals surface area (Å²) in [7, 11) is 1.65. The predicted octanol–water partition coefficient (Wildman–Crippen LogP) is 2.24. The summed E-state index contributed by atoms with van der Waals surface area (Å²) in [5.74, 6) is 0.626. The highest BCUT2D eigenvalue weighted by Crippen LogP contribution is 2.32. The second-order valence-corrected chi connectivity index (χ2v) is 5.06. The van der Waals surface area contributed by atoms with Gasteiger partial charge in [-0.15, -0.1) is 0 Å². The third-order valence-electron chi connectivity index (χ3n) is 3.62.